The van der Waals surface area contributed by atoms with Gasteiger partial charge >= 0.3 is 0 Å². The van der Waals surface area contributed by atoms with Gasteiger partial charge in [0.25, 0.3) is 0 Å². The largest absolute Gasteiger partial charge is 0.760 e. The summed E-state index contributed by atoms with van der Waals surface area (Å²) in [6.07, 6.45) is 2.95. The normalized spacial score (nSPS) is 21.4. The van der Waals surface area contributed by atoms with Crippen LogP contribution in [0.25, 0.3) is 0 Å². The maximum atomic E-state index is 10.6. The predicted octanol–water partition coefficient (Wildman–Crippen LogP) is 3.72. The number of hydrogen-bond acceptors (Lipinski definition) is 5. The van der Waals surface area contributed by atoms with E-state index in [0.29, 0.717) is 24.4 Å². The third kappa shape index (κ3) is 5.96. The van der Waals surface area contributed by atoms with Crippen molar-refractivity contribution in [3.05, 3.63) is 59.7 Å². The summed E-state index contributed by atoms with van der Waals surface area (Å²) in [7, 11) is 0. The van der Waals surface area contributed by atoms with E-state index in [4.69, 9.17) is 4.74 Å². The Bertz CT molecular complexity index is 916. The van der Waals surface area contributed by atoms with E-state index in [1.165, 1.54) is 16.8 Å². The Kier molecular flexibility index (Phi) is 8.41. The molecule has 2 aromatic carbocycles. The van der Waals surface area contributed by atoms with E-state index in [9.17, 15) is 8.76 Å². The molecule has 0 bridgehead atoms. The third-order valence-corrected chi connectivity index (χ3v) is 7.62. The lowest BCUT2D eigenvalue weighted by molar-refractivity contribution is 0.105. The van der Waals surface area contributed by atoms with Gasteiger partial charge < -0.3 is 14.2 Å². The number of nitrogens with one attached hydrogen (secondary N) is 1. The topological polar surface area (TPSA) is 67.9 Å². The zero-order chi connectivity index (χ0) is 23.2. The molecule has 180 valence electrons. The molecule has 7 heteroatoms. The Morgan fingerprint density at radius 3 is 2.61 bits per heavy atom. The number of anilines is 1. The number of fused-ring (bicyclic) bond motifs is 1. The van der Waals surface area contributed by atoms with Crippen LogP contribution in [0.3, 0.4) is 0 Å². The first-order valence-corrected chi connectivity index (χ1v) is 13.3. The molecule has 33 heavy (non-hydrogen) atoms. The molecule has 2 heterocycles. The molecule has 0 spiro atoms. The molecule has 2 aliphatic rings. The summed E-state index contributed by atoms with van der Waals surface area (Å²) in [6.45, 7) is 9.84. The minimum absolute atomic E-state index is 0.367. The van der Waals surface area contributed by atoms with Crippen LogP contribution in [0.2, 0.25) is 0 Å². The van der Waals surface area contributed by atoms with Crippen molar-refractivity contribution in [2.24, 2.45) is 5.92 Å². The van der Waals surface area contributed by atoms with E-state index in [2.05, 4.69) is 76.9 Å². The van der Waals surface area contributed by atoms with Gasteiger partial charge in [-0.1, -0.05) is 44.2 Å². The molecule has 2 aromatic rings. The van der Waals surface area contributed by atoms with Gasteiger partial charge in [0, 0.05) is 48.1 Å². The Morgan fingerprint density at radius 2 is 1.91 bits per heavy atom. The molecule has 0 aromatic heterocycles. The summed E-state index contributed by atoms with van der Waals surface area (Å²) in [5.41, 5.74) is 3.96. The lowest BCUT2D eigenvalue weighted by Crippen LogP contribution is -2.48. The van der Waals surface area contributed by atoms with Gasteiger partial charge in [0.1, 0.15) is 12.4 Å². The first-order valence-electron chi connectivity index (χ1n) is 12.2. The summed E-state index contributed by atoms with van der Waals surface area (Å²) in [6, 6.07) is 17.9. The average molecular weight is 471 g/mol. The maximum Gasteiger partial charge on any atom is 0.123 e. The molecular weight excluding hydrogens is 434 g/mol. The fourth-order valence-electron chi connectivity index (χ4n) is 5.33. The zero-order valence-electron chi connectivity index (χ0n) is 19.7. The number of hydrogen-bond donors (Lipinski definition) is 1. The van der Waals surface area contributed by atoms with Gasteiger partial charge in [-0.15, -0.1) is 0 Å². The zero-order valence-corrected chi connectivity index (χ0v) is 20.6. The number of likely N-dealkylation sites (N-methyl/N-ethyl adjacent to an activating group) is 1. The maximum absolute atomic E-state index is 10.6. The Morgan fingerprint density at radius 1 is 1.15 bits per heavy atom. The van der Waals surface area contributed by atoms with Gasteiger partial charge in [-0.2, -0.15) is 0 Å². The molecule has 1 saturated heterocycles. The van der Waals surface area contributed by atoms with E-state index in [1.807, 2.05) is 0 Å². The number of nitrogens with zero attached hydrogens (tertiary/aromatic N) is 2. The monoisotopic (exact) mass is 470 g/mol. The molecule has 4 rings (SSSR count). The second kappa shape index (κ2) is 11.5. The highest BCUT2D eigenvalue weighted by Crippen LogP contribution is 2.41. The van der Waals surface area contributed by atoms with Crippen LogP contribution in [0.4, 0.5) is 5.69 Å². The van der Waals surface area contributed by atoms with Gasteiger partial charge in [-0.05, 0) is 62.0 Å². The molecule has 3 atom stereocenters. The fourth-order valence-corrected chi connectivity index (χ4v) is 5.64. The van der Waals surface area contributed by atoms with E-state index < -0.39 is 11.3 Å². The molecule has 0 saturated carbocycles. The van der Waals surface area contributed by atoms with Crippen molar-refractivity contribution in [1.82, 2.24) is 9.62 Å². The van der Waals surface area contributed by atoms with Crippen LogP contribution in [0.5, 0.6) is 5.75 Å². The lowest BCUT2D eigenvalue weighted by atomic mass is 9.82. The number of rotatable bonds is 11. The van der Waals surface area contributed by atoms with Crippen LogP contribution >= 0.6 is 0 Å². The van der Waals surface area contributed by atoms with Crippen LogP contribution in [-0.4, -0.2) is 59.0 Å². The summed E-state index contributed by atoms with van der Waals surface area (Å²) in [4.78, 5) is 4.97. The third-order valence-electron chi connectivity index (χ3n) is 7.18. The highest BCUT2D eigenvalue weighted by Gasteiger charge is 2.35. The molecular formula is C26H36N3O3S-. The van der Waals surface area contributed by atoms with E-state index in [-0.39, 0.29) is 0 Å². The Balaban J connectivity index is 1.48. The number of ether oxygens (including phenoxy) is 1. The van der Waals surface area contributed by atoms with E-state index >= 15 is 0 Å². The number of benzene rings is 2. The standard InChI is InChI=1S/C26H37N3O3S/c1-3-28(4-2)25-19-32-26-13-12-22(29-17-21(18-29)11-8-14-27-33(30)31)16-24(26)23(25)15-20-9-6-5-7-10-20/h5-7,9-10,12-13,16,21,23,25,27H,3-4,8,11,14-15,17-19H2,1-2H3,(H,30,31)/p-1. The SMILES string of the molecule is CCN(CC)C1COc2ccc(N3CC(CCCNS(=O)[O-])C3)cc2C1Cc1ccccc1. The molecule has 0 amide bonds. The van der Waals surface area contributed by atoms with Crippen molar-refractivity contribution in [3.63, 3.8) is 0 Å². The van der Waals surface area contributed by atoms with Crippen LogP contribution in [0.15, 0.2) is 48.5 Å². The molecule has 3 unspecified atom stereocenters. The van der Waals surface area contributed by atoms with Crippen molar-refractivity contribution >= 4 is 17.0 Å². The van der Waals surface area contributed by atoms with Crippen molar-refractivity contribution in [2.75, 3.05) is 44.2 Å². The molecule has 0 aliphatic carbocycles. The smallest absolute Gasteiger partial charge is 0.123 e. The van der Waals surface area contributed by atoms with Crippen LogP contribution in [0, 0.1) is 5.92 Å². The van der Waals surface area contributed by atoms with Gasteiger partial charge in [0.15, 0.2) is 0 Å². The highest BCUT2D eigenvalue weighted by atomic mass is 32.2. The minimum atomic E-state index is -2.15. The van der Waals surface area contributed by atoms with Gasteiger partial charge in [0.2, 0.25) is 0 Å². The van der Waals surface area contributed by atoms with Gasteiger partial charge in [0.05, 0.1) is 6.04 Å². The first-order chi connectivity index (χ1) is 16.1. The molecule has 1 fully saturated rings. The average Bonchev–Trinajstić information content (AvgIpc) is 2.80. The molecule has 6 nitrogen and oxygen atoms in total. The summed E-state index contributed by atoms with van der Waals surface area (Å²) < 4.78 is 29.9. The fraction of sp³-hybridized carbons (Fsp3) is 0.538. The molecule has 2 aliphatic heterocycles. The van der Waals surface area contributed by atoms with Crippen molar-refractivity contribution in [3.8, 4) is 5.75 Å². The van der Waals surface area contributed by atoms with Crippen molar-refractivity contribution in [1.29, 1.82) is 0 Å². The summed E-state index contributed by atoms with van der Waals surface area (Å²) >= 11 is -2.15. The highest BCUT2D eigenvalue weighted by molar-refractivity contribution is 7.77. The Hall–Kier alpha value is -1.93. The van der Waals surface area contributed by atoms with Crippen LogP contribution < -0.4 is 14.4 Å². The first kappa shape index (κ1) is 24.2. The van der Waals surface area contributed by atoms with Crippen molar-refractivity contribution in [2.45, 2.75) is 45.1 Å². The quantitative estimate of drug-likeness (QED) is 0.401. The van der Waals surface area contributed by atoms with E-state index in [1.54, 1.807) is 0 Å². The summed E-state index contributed by atoms with van der Waals surface area (Å²) in [5.74, 6) is 2.05. The van der Waals surface area contributed by atoms with Gasteiger partial charge in [-0.25, -0.2) is 4.72 Å². The second-order valence-electron chi connectivity index (χ2n) is 9.16. The van der Waals surface area contributed by atoms with E-state index in [0.717, 1.165) is 57.8 Å². The second-order valence-corrected chi connectivity index (χ2v) is 9.92. The summed E-state index contributed by atoms with van der Waals surface area (Å²) in [5, 5.41) is 0. The van der Waals surface area contributed by atoms with Crippen molar-refractivity contribution < 1.29 is 13.5 Å². The van der Waals surface area contributed by atoms with Crippen LogP contribution in [0.1, 0.15) is 43.7 Å². The molecule has 0 radical (unpaired) electrons. The predicted molar refractivity (Wildman–Crippen MR) is 133 cm³/mol. The Labute approximate surface area is 200 Å². The van der Waals surface area contributed by atoms with Crippen LogP contribution in [-0.2, 0) is 17.7 Å². The minimum Gasteiger partial charge on any atom is -0.760 e. The lowest BCUT2D eigenvalue weighted by Gasteiger charge is -2.43. The van der Waals surface area contributed by atoms with Gasteiger partial charge in [-0.3, -0.25) is 9.11 Å². The molecule has 1 N–H and O–H groups in total.